The number of carbonyl (C=O) groups is 2. The summed E-state index contributed by atoms with van der Waals surface area (Å²) in [5.41, 5.74) is 5.70. The molecule has 0 saturated carbocycles. The number of nitrogens with two attached hydrogens (primary N) is 1. The van der Waals surface area contributed by atoms with E-state index in [2.05, 4.69) is 0 Å². The van der Waals surface area contributed by atoms with Gasteiger partial charge >= 0.3 is 5.97 Å². The van der Waals surface area contributed by atoms with Crippen molar-refractivity contribution in [3.05, 3.63) is 23.8 Å². The van der Waals surface area contributed by atoms with Gasteiger partial charge in [0.25, 0.3) is 5.91 Å². The third-order valence-electron chi connectivity index (χ3n) is 2.78. The molecule has 6 heteroatoms. The van der Waals surface area contributed by atoms with Gasteiger partial charge in [0.1, 0.15) is 5.75 Å². The van der Waals surface area contributed by atoms with Crippen LogP contribution < -0.4 is 10.5 Å². The fourth-order valence-electron chi connectivity index (χ4n) is 1.36. The molecular formula is C13H18N2O4. The predicted molar refractivity (Wildman–Crippen MR) is 71.2 cm³/mol. The van der Waals surface area contributed by atoms with Crippen LogP contribution in [0.2, 0.25) is 0 Å². The molecule has 0 radical (unpaired) electrons. The van der Waals surface area contributed by atoms with Gasteiger partial charge in [-0.25, -0.2) is 4.79 Å². The molecule has 0 aromatic heterocycles. The third-order valence-corrected chi connectivity index (χ3v) is 2.78. The molecule has 104 valence electrons. The standard InChI is InChI=1S/C13H18N2O4/c1-8(2)15(3)12(16)7-19-9-4-5-10(13(17)18)11(14)6-9/h4-6,8H,7,14H2,1-3H3,(H,17,18). The van der Waals surface area contributed by atoms with E-state index in [1.54, 1.807) is 11.9 Å². The number of carboxylic acids is 1. The van der Waals surface area contributed by atoms with Crippen LogP contribution in [0.25, 0.3) is 0 Å². The van der Waals surface area contributed by atoms with Gasteiger partial charge in [0.15, 0.2) is 6.61 Å². The molecule has 0 aliphatic rings. The van der Waals surface area contributed by atoms with E-state index in [1.807, 2.05) is 13.8 Å². The van der Waals surface area contributed by atoms with Crippen LogP contribution >= 0.6 is 0 Å². The number of carboxylic acid groups (broad SMARTS) is 1. The highest BCUT2D eigenvalue weighted by Gasteiger charge is 2.13. The number of aromatic carboxylic acids is 1. The molecule has 0 unspecified atom stereocenters. The number of nitrogens with zero attached hydrogens (tertiary/aromatic N) is 1. The van der Waals surface area contributed by atoms with Crippen molar-refractivity contribution < 1.29 is 19.4 Å². The lowest BCUT2D eigenvalue weighted by Crippen LogP contribution is -2.36. The zero-order chi connectivity index (χ0) is 14.6. The fraction of sp³-hybridized carbons (Fsp3) is 0.385. The third kappa shape index (κ3) is 3.87. The summed E-state index contributed by atoms with van der Waals surface area (Å²) in [7, 11) is 1.69. The maximum atomic E-state index is 11.7. The average Bonchev–Trinajstić information content (AvgIpc) is 2.34. The summed E-state index contributed by atoms with van der Waals surface area (Å²) in [5.74, 6) is -0.886. The monoisotopic (exact) mass is 266 g/mol. The van der Waals surface area contributed by atoms with Crippen molar-refractivity contribution in [1.82, 2.24) is 4.90 Å². The molecule has 0 aliphatic carbocycles. The number of hydrogen-bond donors (Lipinski definition) is 2. The minimum absolute atomic E-state index is 0.0120. The van der Waals surface area contributed by atoms with Crippen LogP contribution in [0, 0.1) is 0 Å². The molecule has 0 atom stereocenters. The molecule has 0 fully saturated rings. The number of ether oxygens (including phenoxy) is 1. The molecule has 3 N–H and O–H groups in total. The molecule has 6 nitrogen and oxygen atoms in total. The first-order chi connectivity index (χ1) is 8.82. The SMILES string of the molecule is CC(C)N(C)C(=O)COc1ccc(C(=O)O)c(N)c1. The number of hydrogen-bond acceptors (Lipinski definition) is 4. The number of carbonyl (C=O) groups excluding carboxylic acids is 1. The maximum Gasteiger partial charge on any atom is 0.337 e. The first-order valence-corrected chi connectivity index (χ1v) is 5.84. The Balaban J connectivity index is 2.67. The normalized spacial score (nSPS) is 10.3. The Labute approximate surface area is 111 Å². The van der Waals surface area contributed by atoms with Crippen molar-refractivity contribution in [2.24, 2.45) is 0 Å². The van der Waals surface area contributed by atoms with Gasteiger partial charge in [-0.2, -0.15) is 0 Å². The van der Waals surface area contributed by atoms with Crippen molar-refractivity contribution in [1.29, 1.82) is 0 Å². The van der Waals surface area contributed by atoms with Crippen LogP contribution in [0.4, 0.5) is 5.69 Å². The number of nitrogen functional groups attached to an aromatic ring is 1. The molecule has 19 heavy (non-hydrogen) atoms. The number of anilines is 1. The van der Waals surface area contributed by atoms with Gasteiger partial charge in [-0.15, -0.1) is 0 Å². The van der Waals surface area contributed by atoms with Gasteiger partial charge in [-0.3, -0.25) is 4.79 Å². The Morgan fingerprint density at radius 1 is 1.42 bits per heavy atom. The van der Waals surface area contributed by atoms with Gasteiger partial charge in [0.05, 0.1) is 5.56 Å². The van der Waals surface area contributed by atoms with E-state index >= 15 is 0 Å². The van der Waals surface area contributed by atoms with E-state index < -0.39 is 5.97 Å². The van der Waals surface area contributed by atoms with E-state index in [0.717, 1.165) is 0 Å². The van der Waals surface area contributed by atoms with Crippen molar-refractivity contribution in [3.63, 3.8) is 0 Å². The molecule has 0 saturated heterocycles. The van der Waals surface area contributed by atoms with Crippen LogP contribution in [-0.4, -0.2) is 41.6 Å². The molecule has 0 spiro atoms. The topological polar surface area (TPSA) is 92.9 Å². The lowest BCUT2D eigenvalue weighted by molar-refractivity contribution is -0.133. The highest BCUT2D eigenvalue weighted by molar-refractivity contribution is 5.93. The second-order valence-electron chi connectivity index (χ2n) is 4.44. The summed E-state index contributed by atoms with van der Waals surface area (Å²) in [6.45, 7) is 3.69. The lowest BCUT2D eigenvalue weighted by atomic mass is 10.2. The maximum absolute atomic E-state index is 11.7. The number of likely N-dealkylation sites (N-methyl/N-ethyl adjacent to an activating group) is 1. The zero-order valence-electron chi connectivity index (χ0n) is 11.2. The van der Waals surface area contributed by atoms with E-state index in [1.165, 1.54) is 18.2 Å². The Hall–Kier alpha value is -2.24. The lowest BCUT2D eigenvalue weighted by Gasteiger charge is -2.21. The Morgan fingerprint density at radius 2 is 2.05 bits per heavy atom. The molecule has 1 aromatic rings. The summed E-state index contributed by atoms with van der Waals surface area (Å²) >= 11 is 0. The van der Waals surface area contributed by atoms with Gasteiger partial charge in [0.2, 0.25) is 0 Å². The summed E-state index contributed by atoms with van der Waals surface area (Å²) in [6, 6.07) is 4.31. The fourth-order valence-corrected chi connectivity index (χ4v) is 1.36. The molecule has 1 amide bonds. The predicted octanol–water partition coefficient (Wildman–Crippen LogP) is 1.21. The molecule has 0 aliphatic heterocycles. The molecule has 1 rings (SSSR count). The summed E-state index contributed by atoms with van der Waals surface area (Å²) < 4.78 is 5.29. The highest BCUT2D eigenvalue weighted by Crippen LogP contribution is 2.20. The first kappa shape index (κ1) is 14.8. The van der Waals surface area contributed by atoms with Crippen molar-refractivity contribution in [2.45, 2.75) is 19.9 Å². The van der Waals surface area contributed by atoms with Crippen LogP contribution in [0.15, 0.2) is 18.2 Å². The van der Waals surface area contributed by atoms with Gasteiger partial charge in [-0.1, -0.05) is 0 Å². The van der Waals surface area contributed by atoms with E-state index in [4.69, 9.17) is 15.6 Å². The number of rotatable bonds is 5. The second-order valence-corrected chi connectivity index (χ2v) is 4.44. The quantitative estimate of drug-likeness (QED) is 0.781. The van der Waals surface area contributed by atoms with Crippen molar-refractivity contribution in [2.75, 3.05) is 19.4 Å². The molecule has 1 aromatic carbocycles. The van der Waals surface area contributed by atoms with Crippen LogP contribution in [-0.2, 0) is 4.79 Å². The van der Waals surface area contributed by atoms with Gasteiger partial charge in [0, 0.05) is 24.8 Å². The van der Waals surface area contributed by atoms with Crippen molar-refractivity contribution in [3.8, 4) is 5.75 Å². The smallest absolute Gasteiger partial charge is 0.337 e. The summed E-state index contributed by atoms with van der Waals surface area (Å²) in [6.07, 6.45) is 0. The number of benzene rings is 1. The Bertz CT molecular complexity index is 486. The molecule has 0 bridgehead atoms. The highest BCUT2D eigenvalue weighted by atomic mass is 16.5. The van der Waals surface area contributed by atoms with Crippen LogP contribution in [0.5, 0.6) is 5.75 Å². The first-order valence-electron chi connectivity index (χ1n) is 5.84. The van der Waals surface area contributed by atoms with E-state index in [-0.39, 0.29) is 29.8 Å². The van der Waals surface area contributed by atoms with Gasteiger partial charge in [-0.05, 0) is 26.0 Å². The Morgan fingerprint density at radius 3 is 2.53 bits per heavy atom. The Kier molecular flexibility index (Phi) is 4.74. The zero-order valence-corrected chi connectivity index (χ0v) is 11.2. The average molecular weight is 266 g/mol. The summed E-state index contributed by atoms with van der Waals surface area (Å²) in [5, 5.41) is 8.83. The van der Waals surface area contributed by atoms with Crippen LogP contribution in [0.1, 0.15) is 24.2 Å². The van der Waals surface area contributed by atoms with E-state index in [0.29, 0.717) is 5.75 Å². The number of amides is 1. The minimum Gasteiger partial charge on any atom is -0.484 e. The van der Waals surface area contributed by atoms with Gasteiger partial charge < -0.3 is 20.5 Å². The summed E-state index contributed by atoms with van der Waals surface area (Å²) in [4.78, 5) is 24.0. The minimum atomic E-state index is -1.10. The second kappa shape index (κ2) is 6.08. The van der Waals surface area contributed by atoms with Crippen LogP contribution in [0.3, 0.4) is 0 Å². The van der Waals surface area contributed by atoms with Crippen molar-refractivity contribution >= 4 is 17.6 Å². The molecular weight excluding hydrogens is 248 g/mol. The van der Waals surface area contributed by atoms with E-state index in [9.17, 15) is 9.59 Å². The largest absolute Gasteiger partial charge is 0.484 e. The molecule has 0 heterocycles.